The second kappa shape index (κ2) is 6.91. The van der Waals surface area contributed by atoms with E-state index in [2.05, 4.69) is 5.32 Å². The minimum atomic E-state index is 0.119. The van der Waals surface area contributed by atoms with Crippen molar-refractivity contribution in [2.75, 3.05) is 32.6 Å². The monoisotopic (exact) mass is 236 g/mol. The number of hydrogen-bond donors (Lipinski definition) is 1. The zero-order valence-corrected chi connectivity index (χ0v) is 10.7. The average molecular weight is 236 g/mol. The maximum atomic E-state index is 11.9. The minimum Gasteiger partial charge on any atom is -0.497 e. The summed E-state index contributed by atoms with van der Waals surface area (Å²) in [5, 5.41) is 3.03. The van der Waals surface area contributed by atoms with Crippen LogP contribution in [0.1, 0.15) is 12.8 Å². The van der Waals surface area contributed by atoms with E-state index < -0.39 is 0 Å². The number of anilines is 1. The van der Waals surface area contributed by atoms with Crippen molar-refractivity contribution in [2.24, 2.45) is 0 Å². The molecule has 0 saturated carbocycles. The Morgan fingerprint density at radius 2 is 2.24 bits per heavy atom. The molecule has 0 fully saturated rings. The van der Waals surface area contributed by atoms with Gasteiger partial charge in [0.15, 0.2) is 0 Å². The third kappa shape index (κ3) is 4.07. The van der Waals surface area contributed by atoms with Crippen molar-refractivity contribution in [3.8, 4) is 5.75 Å². The molecule has 94 valence electrons. The summed E-state index contributed by atoms with van der Waals surface area (Å²) in [4.78, 5) is 13.5. The highest BCUT2D eigenvalue weighted by molar-refractivity contribution is 5.92. The summed E-state index contributed by atoms with van der Waals surface area (Å²) in [6.45, 7) is 0.859. The molecule has 1 amide bonds. The summed E-state index contributed by atoms with van der Waals surface area (Å²) in [7, 11) is 5.29. The number of methoxy groups -OCH3 is 1. The lowest BCUT2D eigenvalue weighted by molar-refractivity contribution is -0.118. The van der Waals surface area contributed by atoms with Gasteiger partial charge in [-0.2, -0.15) is 0 Å². The molecule has 0 aromatic heterocycles. The van der Waals surface area contributed by atoms with Crippen LogP contribution in [-0.2, 0) is 4.79 Å². The Kier molecular flexibility index (Phi) is 5.49. The molecule has 17 heavy (non-hydrogen) atoms. The second-order valence-corrected chi connectivity index (χ2v) is 3.86. The number of carbonyl (C=O) groups excluding carboxylic acids is 1. The molecular weight excluding hydrogens is 216 g/mol. The van der Waals surface area contributed by atoms with Crippen LogP contribution in [0.4, 0.5) is 5.69 Å². The zero-order chi connectivity index (χ0) is 12.7. The topological polar surface area (TPSA) is 41.6 Å². The molecule has 0 atom stereocenters. The van der Waals surface area contributed by atoms with Crippen LogP contribution in [0.2, 0.25) is 0 Å². The molecule has 0 spiro atoms. The van der Waals surface area contributed by atoms with E-state index in [4.69, 9.17) is 4.74 Å². The van der Waals surface area contributed by atoms with Gasteiger partial charge in [-0.3, -0.25) is 4.79 Å². The Morgan fingerprint density at radius 3 is 2.88 bits per heavy atom. The van der Waals surface area contributed by atoms with Gasteiger partial charge in [0.1, 0.15) is 5.75 Å². The lowest BCUT2D eigenvalue weighted by Crippen LogP contribution is -2.26. The number of hydrogen-bond acceptors (Lipinski definition) is 3. The summed E-state index contributed by atoms with van der Waals surface area (Å²) in [6.07, 6.45) is 1.40. The highest BCUT2D eigenvalue weighted by Gasteiger charge is 2.10. The van der Waals surface area contributed by atoms with Crippen molar-refractivity contribution in [1.29, 1.82) is 0 Å². The predicted octanol–water partition coefficient (Wildman–Crippen LogP) is 1.66. The first-order chi connectivity index (χ1) is 8.19. The third-order valence-corrected chi connectivity index (χ3v) is 2.63. The van der Waals surface area contributed by atoms with Crippen molar-refractivity contribution >= 4 is 11.6 Å². The second-order valence-electron chi connectivity index (χ2n) is 3.86. The summed E-state index contributed by atoms with van der Waals surface area (Å²) >= 11 is 0. The van der Waals surface area contributed by atoms with E-state index in [0.29, 0.717) is 6.42 Å². The molecule has 0 aliphatic rings. The Bertz CT molecular complexity index is 366. The maximum absolute atomic E-state index is 11.9. The standard InChI is InChI=1S/C13H20N2O2/c1-14-9-5-8-13(16)15(2)11-6-4-7-12(10-11)17-3/h4,6-7,10,14H,5,8-9H2,1-3H3. The van der Waals surface area contributed by atoms with Gasteiger partial charge in [-0.25, -0.2) is 0 Å². The van der Waals surface area contributed by atoms with Gasteiger partial charge in [0.25, 0.3) is 0 Å². The van der Waals surface area contributed by atoms with Crippen LogP contribution in [0.15, 0.2) is 24.3 Å². The molecule has 1 N–H and O–H groups in total. The number of nitrogens with one attached hydrogen (secondary N) is 1. The minimum absolute atomic E-state index is 0.119. The van der Waals surface area contributed by atoms with Crippen molar-refractivity contribution in [3.05, 3.63) is 24.3 Å². The number of amides is 1. The van der Waals surface area contributed by atoms with Crippen LogP contribution in [0.25, 0.3) is 0 Å². The number of nitrogens with zero attached hydrogens (tertiary/aromatic N) is 1. The first-order valence-corrected chi connectivity index (χ1v) is 5.74. The molecule has 0 bridgehead atoms. The van der Waals surface area contributed by atoms with Gasteiger partial charge in [0.05, 0.1) is 7.11 Å². The molecule has 4 nitrogen and oxygen atoms in total. The lowest BCUT2D eigenvalue weighted by Gasteiger charge is -2.18. The molecule has 0 unspecified atom stereocenters. The molecule has 0 aliphatic carbocycles. The molecule has 0 aliphatic heterocycles. The zero-order valence-electron chi connectivity index (χ0n) is 10.7. The molecule has 1 aromatic carbocycles. The fourth-order valence-electron chi connectivity index (χ4n) is 1.55. The largest absolute Gasteiger partial charge is 0.497 e. The average Bonchev–Trinajstić information content (AvgIpc) is 2.38. The van der Waals surface area contributed by atoms with Gasteiger partial charge in [-0.15, -0.1) is 0 Å². The van der Waals surface area contributed by atoms with Gasteiger partial charge in [-0.05, 0) is 32.1 Å². The molecule has 0 radical (unpaired) electrons. The molecule has 1 rings (SSSR count). The quantitative estimate of drug-likeness (QED) is 0.764. The van der Waals surface area contributed by atoms with E-state index in [1.54, 1.807) is 19.1 Å². The van der Waals surface area contributed by atoms with Crippen molar-refractivity contribution in [1.82, 2.24) is 5.32 Å². The van der Waals surface area contributed by atoms with Gasteiger partial charge in [0, 0.05) is 25.2 Å². The summed E-state index contributed by atoms with van der Waals surface area (Å²) in [5.74, 6) is 0.880. The molecule has 0 heterocycles. The van der Waals surface area contributed by atoms with E-state index in [0.717, 1.165) is 24.4 Å². The Morgan fingerprint density at radius 1 is 1.47 bits per heavy atom. The van der Waals surface area contributed by atoms with Crippen LogP contribution in [-0.4, -0.2) is 33.7 Å². The SMILES string of the molecule is CNCCCC(=O)N(C)c1cccc(OC)c1. The lowest BCUT2D eigenvalue weighted by atomic mass is 10.2. The summed E-state index contributed by atoms with van der Waals surface area (Å²) in [5.41, 5.74) is 0.860. The first-order valence-electron chi connectivity index (χ1n) is 5.74. The Balaban J connectivity index is 2.61. The summed E-state index contributed by atoms with van der Waals surface area (Å²) in [6, 6.07) is 7.50. The Labute approximate surface area is 103 Å². The normalized spacial score (nSPS) is 10.1. The van der Waals surface area contributed by atoms with Gasteiger partial charge in [0.2, 0.25) is 5.91 Å². The van der Waals surface area contributed by atoms with Crippen molar-refractivity contribution in [2.45, 2.75) is 12.8 Å². The fourth-order valence-corrected chi connectivity index (χ4v) is 1.55. The van der Waals surface area contributed by atoms with E-state index in [1.165, 1.54) is 0 Å². The van der Waals surface area contributed by atoms with Gasteiger partial charge >= 0.3 is 0 Å². The summed E-state index contributed by atoms with van der Waals surface area (Å²) < 4.78 is 5.14. The van der Waals surface area contributed by atoms with E-state index in [1.807, 2.05) is 31.3 Å². The fraction of sp³-hybridized carbons (Fsp3) is 0.462. The third-order valence-electron chi connectivity index (χ3n) is 2.63. The molecular formula is C13H20N2O2. The number of rotatable bonds is 6. The number of ether oxygens (including phenoxy) is 1. The van der Waals surface area contributed by atoms with Crippen molar-refractivity contribution in [3.63, 3.8) is 0 Å². The van der Waals surface area contributed by atoms with E-state index >= 15 is 0 Å². The first kappa shape index (κ1) is 13.5. The molecule has 1 aromatic rings. The maximum Gasteiger partial charge on any atom is 0.226 e. The predicted molar refractivity (Wildman–Crippen MR) is 69.6 cm³/mol. The van der Waals surface area contributed by atoms with Crippen LogP contribution in [0.3, 0.4) is 0 Å². The van der Waals surface area contributed by atoms with Crippen LogP contribution >= 0.6 is 0 Å². The number of benzene rings is 1. The van der Waals surface area contributed by atoms with Gasteiger partial charge < -0.3 is 15.0 Å². The van der Waals surface area contributed by atoms with Crippen LogP contribution in [0, 0.1) is 0 Å². The number of carbonyl (C=O) groups is 1. The van der Waals surface area contributed by atoms with Crippen LogP contribution in [0.5, 0.6) is 5.75 Å². The smallest absolute Gasteiger partial charge is 0.226 e. The molecule has 0 saturated heterocycles. The molecule has 4 heteroatoms. The Hall–Kier alpha value is -1.55. The van der Waals surface area contributed by atoms with Crippen LogP contribution < -0.4 is 15.0 Å². The van der Waals surface area contributed by atoms with E-state index in [-0.39, 0.29) is 5.91 Å². The van der Waals surface area contributed by atoms with Crippen molar-refractivity contribution < 1.29 is 9.53 Å². The van der Waals surface area contributed by atoms with Gasteiger partial charge in [-0.1, -0.05) is 6.07 Å². The highest BCUT2D eigenvalue weighted by Crippen LogP contribution is 2.20. The van der Waals surface area contributed by atoms with E-state index in [9.17, 15) is 4.79 Å². The highest BCUT2D eigenvalue weighted by atomic mass is 16.5.